The zero-order chi connectivity index (χ0) is 20.1. The van der Waals surface area contributed by atoms with Crippen molar-refractivity contribution in [2.75, 3.05) is 13.0 Å². The number of carbonyl (C=O) groups is 1. The van der Waals surface area contributed by atoms with Gasteiger partial charge in [0.05, 0.1) is 12.4 Å². The van der Waals surface area contributed by atoms with Crippen molar-refractivity contribution in [3.8, 4) is 17.1 Å². The van der Waals surface area contributed by atoms with E-state index in [2.05, 4.69) is 15.5 Å². The van der Waals surface area contributed by atoms with Crippen LogP contribution in [0.3, 0.4) is 0 Å². The quantitative estimate of drug-likeness (QED) is 0.453. The van der Waals surface area contributed by atoms with Gasteiger partial charge in [-0.05, 0) is 37.3 Å². The van der Waals surface area contributed by atoms with E-state index < -0.39 is 5.25 Å². The minimum Gasteiger partial charge on any atom is -0.496 e. The van der Waals surface area contributed by atoms with Crippen LogP contribution in [0.4, 0.5) is 0 Å². The normalized spacial score (nSPS) is 11.8. The van der Waals surface area contributed by atoms with Crippen LogP contribution in [-0.2, 0) is 11.3 Å². The Labute approximate surface area is 172 Å². The predicted molar refractivity (Wildman–Crippen MR) is 111 cm³/mol. The number of nitrogen functional groups attached to an aromatic ring is 1. The summed E-state index contributed by atoms with van der Waals surface area (Å²) in [6.07, 6.45) is 0. The van der Waals surface area contributed by atoms with Crippen molar-refractivity contribution in [1.82, 2.24) is 20.2 Å². The summed E-state index contributed by atoms with van der Waals surface area (Å²) in [5, 5.41) is 11.8. The first-order valence-electron chi connectivity index (χ1n) is 8.52. The summed E-state index contributed by atoms with van der Waals surface area (Å²) in [5.41, 5.74) is 1.70. The van der Waals surface area contributed by atoms with E-state index in [-0.39, 0.29) is 5.91 Å². The zero-order valence-electron chi connectivity index (χ0n) is 15.4. The third kappa shape index (κ3) is 4.58. The molecule has 3 N–H and O–H groups in total. The topological polar surface area (TPSA) is 95.1 Å². The second-order valence-corrected chi connectivity index (χ2v) is 7.72. The van der Waals surface area contributed by atoms with Gasteiger partial charge in [-0.25, -0.2) is 4.68 Å². The highest BCUT2D eigenvalue weighted by atomic mass is 35.5. The maximum atomic E-state index is 12.5. The molecule has 2 aromatic carbocycles. The molecule has 0 spiro atoms. The van der Waals surface area contributed by atoms with Gasteiger partial charge in [0.15, 0.2) is 5.82 Å². The van der Waals surface area contributed by atoms with Crippen molar-refractivity contribution in [2.45, 2.75) is 23.9 Å². The van der Waals surface area contributed by atoms with E-state index in [1.807, 2.05) is 36.4 Å². The molecule has 1 aromatic heterocycles. The number of carbonyl (C=O) groups excluding carboxylic acids is 1. The molecular weight excluding hydrogens is 398 g/mol. The molecular formula is C19H20ClN5O2S. The number of hydrogen-bond acceptors (Lipinski definition) is 6. The first kappa shape index (κ1) is 20.0. The summed E-state index contributed by atoms with van der Waals surface area (Å²) in [5.74, 6) is 7.22. The summed E-state index contributed by atoms with van der Waals surface area (Å²) in [6, 6.07) is 14.7. The SMILES string of the molecule is COc1ccccc1CNC(=O)C(C)Sc1nnc(-c2ccc(Cl)cc2)n1N. The Morgan fingerprint density at radius 2 is 1.96 bits per heavy atom. The van der Waals surface area contributed by atoms with Crippen LogP contribution in [0.15, 0.2) is 53.7 Å². The number of methoxy groups -OCH3 is 1. The molecule has 9 heteroatoms. The number of ether oxygens (including phenoxy) is 1. The monoisotopic (exact) mass is 417 g/mol. The molecule has 3 aromatic rings. The zero-order valence-corrected chi connectivity index (χ0v) is 17.0. The number of thioether (sulfide) groups is 1. The van der Waals surface area contributed by atoms with Crippen LogP contribution in [0.25, 0.3) is 11.4 Å². The Bertz CT molecular complexity index is 961. The average Bonchev–Trinajstić information content (AvgIpc) is 3.07. The van der Waals surface area contributed by atoms with Crippen molar-refractivity contribution in [3.63, 3.8) is 0 Å². The second-order valence-electron chi connectivity index (χ2n) is 5.97. The molecule has 7 nitrogen and oxygen atoms in total. The number of nitrogens with two attached hydrogens (primary N) is 1. The molecule has 146 valence electrons. The van der Waals surface area contributed by atoms with Crippen LogP contribution >= 0.6 is 23.4 Å². The van der Waals surface area contributed by atoms with Gasteiger partial charge in [-0.1, -0.05) is 41.6 Å². The number of halogens is 1. The molecule has 0 fully saturated rings. The van der Waals surface area contributed by atoms with E-state index >= 15 is 0 Å². The molecule has 0 saturated carbocycles. The second kappa shape index (κ2) is 8.99. The lowest BCUT2D eigenvalue weighted by atomic mass is 10.2. The Morgan fingerprint density at radius 1 is 1.25 bits per heavy atom. The van der Waals surface area contributed by atoms with Gasteiger partial charge in [0.1, 0.15) is 5.75 Å². The Morgan fingerprint density at radius 3 is 2.68 bits per heavy atom. The lowest BCUT2D eigenvalue weighted by Crippen LogP contribution is -2.31. The van der Waals surface area contributed by atoms with Crippen molar-refractivity contribution in [1.29, 1.82) is 0 Å². The van der Waals surface area contributed by atoms with Gasteiger partial charge in [-0.15, -0.1) is 10.2 Å². The maximum Gasteiger partial charge on any atom is 0.233 e. The van der Waals surface area contributed by atoms with Gasteiger partial charge in [0.25, 0.3) is 0 Å². The third-order valence-corrected chi connectivity index (χ3v) is 5.37. The molecule has 28 heavy (non-hydrogen) atoms. The fourth-order valence-electron chi connectivity index (χ4n) is 2.54. The van der Waals surface area contributed by atoms with Gasteiger partial charge in [-0.2, -0.15) is 0 Å². The molecule has 0 bridgehead atoms. The highest BCUT2D eigenvalue weighted by molar-refractivity contribution is 8.00. The minimum atomic E-state index is -0.403. The molecule has 1 heterocycles. The molecule has 0 aliphatic rings. The minimum absolute atomic E-state index is 0.132. The fourth-order valence-corrected chi connectivity index (χ4v) is 3.46. The van der Waals surface area contributed by atoms with Crippen LogP contribution in [0.1, 0.15) is 12.5 Å². The summed E-state index contributed by atoms with van der Waals surface area (Å²) in [6.45, 7) is 2.16. The molecule has 1 amide bonds. The summed E-state index contributed by atoms with van der Waals surface area (Å²) < 4.78 is 6.67. The van der Waals surface area contributed by atoms with Crippen molar-refractivity contribution in [2.24, 2.45) is 0 Å². The predicted octanol–water partition coefficient (Wildman–Crippen LogP) is 3.12. The fraction of sp³-hybridized carbons (Fsp3) is 0.211. The number of benzene rings is 2. The molecule has 0 aliphatic heterocycles. The van der Waals surface area contributed by atoms with Gasteiger partial charge in [0.2, 0.25) is 11.1 Å². The van der Waals surface area contributed by atoms with E-state index in [1.54, 1.807) is 26.2 Å². The molecule has 1 atom stereocenters. The molecule has 0 saturated heterocycles. The van der Waals surface area contributed by atoms with Crippen molar-refractivity contribution >= 4 is 29.3 Å². The van der Waals surface area contributed by atoms with Crippen LogP contribution in [-0.4, -0.2) is 33.1 Å². The number of nitrogens with one attached hydrogen (secondary N) is 1. The lowest BCUT2D eigenvalue weighted by molar-refractivity contribution is -0.120. The maximum absolute atomic E-state index is 12.5. The molecule has 3 rings (SSSR count). The molecule has 1 unspecified atom stereocenters. The van der Waals surface area contributed by atoms with Gasteiger partial charge >= 0.3 is 0 Å². The Kier molecular flexibility index (Phi) is 6.43. The van der Waals surface area contributed by atoms with E-state index in [9.17, 15) is 4.79 Å². The van der Waals surface area contributed by atoms with Crippen LogP contribution in [0, 0.1) is 0 Å². The van der Waals surface area contributed by atoms with Gasteiger partial charge < -0.3 is 15.9 Å². The van der Waals surface area contributed by atoms with Crippen molar-refractivity contribution < 1.29 is 9.53 Å². The van der Waals surface area contributed by atoms with Gasteiger partial charge in [0, 0.05) is 22.7 Å². The van der Waals surface area contributed by atoms with E-state index in [4.69, 9.17) is 22.2 Å². The number of hydrogen-bond donors (Lipinski definition) is 2. The first-order chi connectivity index (χ1) is 13.5. The number of nitrogens with zero attached hydrogens (tertiary/aromatic N) is 3. The molecule has 0 aliphatic carbocycles. The van der Waals surface area contributed by atoms with Crippen LogP contribution < -0.4 is 15.9 Å². The van der Waals surface area contributed by atoms with E-state index in [1.165, 1.54) is 16.4 Å². The summed E-state index contributed by atoms with van der Waals surface area (Å²) in [7, 11) is 1.60. The largest absolute Gasteiger partial charge is 0.496 e. The van der Waals surface area contributed by atoms with Gasteiger partial charge in [-0.3, -0.25) is 4.79 Å². The van der Waals surface area contributed by atoms with E-state index in [0.717, 1.165) is 16.9 Å². The summed E-state index contributed by atoms with van der Waals surface area (Å²) in [4.78, 5) is 12.5. The highest BCUT2D eigenvalue weighted by Gasteiger charge is 2.20. The Balaban J connectivity index is 1.63. The number of para-hydroxylation sites is 1. The smallest absolute Gasteiger partial charge is 0.233 e. The van der Waals surface area contributed by atoms with Crippen LogP contribution in [0.2, 0.25) is 5.02 Å². The Hall–Kier alpha value is -2.71. The average molecular weight is 418 g/mol. The third-order valence-electron chi connectivity index (χ3n) is 4.06. The highest BCUT2D eigenvalue weighted by Crippen LogP contribution is 2.26. The molecule has 0 radical (unpaired) electrons. The number of amides is 1. The number of rotatable bonds is 7. The summed E-state index contributed by atoms with van der Waals surface area (Å²) >= 11 is 7.15. The van der Waals surface area contributed by atoms with Crippen molar-refractivity contribution in [3.05, 3.63) is 59.1 Å². The first-order valence-corrected chi connectivity index (χ1v) is 9.78. The standard InChI is InChI=1S/C19H20ClN5O2S/c1-12(18(26)22-11-14-5-3-4-6-16(14)27-2)28-19-24-23-17(25(19)21)13-7-9-15(20)10-8-13/h3-10,12H,11,21H2,1-2H3,(H,22,26). The lowest BCUT2D eigenvalue weighted by Gasteiger charge is -2.13. The van der Waals surface area contributed by atoms with E-state index in [0.29, 0.717) is 22.5 Å². The number of aromatic nitrogens is 3. The van der Waals surface area contributed by atoms with Crippen LogP contribution in [0.5, 0.6) is 5.75 Å².